The van der Waals surface area contributed by atoms with Crippen LogP contribution in [-0.2, 0) is 17.8 Å². The Morgan fingerprint density at radius 3 is 2.52 bits per heavy atom. The Bertz CT molecular complexity index is 518. The summed E-state index contributed by atoms with van der Waals surface area (Å²) in [4.78, 5) is 15.3. The third-order valence-electron chi connectivity index (χ3n) is 4.90. The van der Waals surface area contributed by atoms with Crippen molar-refractivity contribution in [1.29, 1.82) is 0 Å². The first-order valence-electron chi connectivity index (χ1n) is 8.18. The van der Waals surface area contributed by atoms with Crippen molar-refractivity contribution in [1.82, 2.24) is 10.2 Å². The Kier molecular flexibility index (Phi) is 4.03. The minimum absolute atomic E-state index is 0.174. The first-order valence-corrected chi connectivity index (χ1v) is 8.18. The van der Waals surface area contributed by atoms with E-state index in [1.807, 2.05) is 0 Å². The molecule has 1 fully saturated rings. The van der Waals surface area contributed by atoms with Gasteiger partial charge >= 0.3 is 0 Å². The smallest absolute Gasteiger partial charge is 0.229 e. The molecule has 2 aliphatic heterocycles. The molecule has 21 heavy (non-hydrogen) atoms. The zero-order valence-corrected chi connectivity index (χ0v) is 13.2. The summed E-state index contributed by atoms with van der Waals surface area (Å²) in [6.45, 7) is 7.95. The van der Waals surface area contributed by atoms with E-state index in [4.69, 9.17) is 0 Å². The molecule has 1 amide bonds. The highest BCUT2D eigenvalue weighted by molar-refractivity contribution is 5.84. The highest BCUT2D eigenvalue weighted by Gasteiger charge is 2.44. The van der Waals surface area contributed by atoms with Crippen LogP contribution in [0.3, 0.4) is 0 Å². The highest BCUT2D eigenvalue weighted by Crippen LogP contribution is 2.39. The molecule has 1 spiro atoms. The molecule has 0 radical (unpaired) electrons. The number of benzene rings is 1. The third-order valence-corrected chi connectivity index (χ3v) is 4.90. The lowest BCUT2D eigenvalue weighted by atomic mass is 9.73. The van der Waals surface area contributed by atoms with Crippen LogP contribution in [0.1, 0.15) is 37.8 Å². The van der Waals surface area contributed by atoms with Crippen molar-refractivity contribution < 1.29 is 4.79 Å². The number of hydrogen-bond donors (Lipinski definition) is 1. The number of piperidine rings is 1. The van der Waals surface area contributed by atoms with Gasteiger partial charge in [-0.25, -0.2) is 0 Å². The van der Waals surface area contributed by atoms with E-state index < -0.39 is 0 Å². The summed E-state index contributed by atoms with van der Waals surface area (Å²) in [5, 5.41) is 3.41. The second kappa shape index (κ2) is 5.80. The number of amides is 1. The summed E-state index contributed by atoms with van der Waals surface area (Å²) in [6, 6.07) is 8.61. The minimum atomic E-state index is -0.174. The molecule has 1 aromatic carbocycles. The van der Waals surface area contributed by atoms with Gasteiger partial charge in [-0.3, -0.25) is 4.79 Å². The molecule has 2 aliphatic rings. The van der Waals surface area contributed by atoms with Crippen molar-refractivity contribution in [2.45, 2.75) is 39.7 Å². The molecule has 3 nitrogen and oxygen atoms in total. The topological polar surface area (TPSA) is 32.3 Å². The Morgan fingerprint density at radius 2 is 1.86 bits per heavy atom. The normalized spacial score (nSPS) is 21.5. The predicted octanol–water partition coefficient (Wildman–Crippen LogP) is 2.60. The van der Waals surface area contributed by atoms with Gasteiger partial charge in [0.1, 0.15) is 0 Å². The first-order chi connectivity index (χ1) is 10.1. The van der Waals surface area contributed by atoms with Gasteiger partial charge in [0.25, 0.3) is 0 Å². The summed E-state index contributed by atoms with van der Waals surface area (Å²) in [6.07, 6.45) is 2.85. The van der Waals surface area contributed by atoms with Gasteiger partial charge in [0.05, 0.1) is 5.41 Å². The lowest BCUT2D eigenvalue weighted by Crippen LogP contribution is -2.49. The fourth-order valence-electron chi connectivity index (χ4n) is 3.82. The lowest BCUT2D eigenvalue weighted by molar-refractivity contribution is -0.144. The van der Waals surface area contributed by atoms with Gasteiger partial charge in [0, 0.05) is 13.1 Å². The van der Waals surface area contributed by atoms with Gasteiger partial charge in [-0.05, 0) is 49.4 Å². The summed E-state index contributed by atoms with van der Waals surface area (Å²) in [5.74, 6) is 0.895. The standard InChI is InChI=1S/C18H26N2O/c1-14(2)12-20-13-16-6-4-3-5-15(16)11-18(17(20)21)7-9-19-10-8-18/h3-6,14,19H,7-13H2,1-2H3. The average Bonchev–Trinajstić information content (AvgIpc) is 2.57. The fourth-order valence-corrected chi connectivity index (χ4v) is 3.82. The maximum Gasteiger partial charge on any atom is 0.229 e. The van der Waals surface area contributed by atoms with Crippen LogP contribution in [0.4, 0.5) is 0 Å². The Labute approximate surface area is 127 Å². The molecule has 3 rings (SSSR count). The Hall–Kier alpha value is -1.35. The molecule has 3 heteroatoms. The summed E-state index contributed by atoms with van der Waals surface area (Å²) >= 11 is 0. The second-order valence-electron chi connectivity index (χ2n) is 7.06. The average molecular weight is 286 g/mol. The van der Waals surface area contributed by atoms with E-state index in [-0.39, 0.29) is 5.41 Å². The van der Waals surface area contributed by atoms with Crippen LogP contribution in [-0.4, -0.2) is 30.4 Å². The van der Waals surface area contributed by atoms with E-state index in [1.165, 1.54) is 11.1 Å². The Balaban J connectivity index is 1.99. The van der Waals surface area contributed by atoms with Crippen LogP contribution in [0.15, 0.2) is 24.3 Å². The number of carbonyl (C=O) groups is 1. The molecule has 0 unspecified atom stereocenters. The fraction of sp³-hybridized carbons (Fsp3) is 0.611. The molecule has 114 valence electrons. The van der Waals surface area contributed by atoms with Gasteiger partial charge in [0.15, 0.2) is 0 Å². The summed E-state index contributed by atoms with van der Waals surface area (Å²) in [7, 11) is 0. The van der Waals surface area contributed by atoms with Crippen molar-refractivity contribution in [3.63, 3.8) is 0 Å². The molecule has 0 aromatic heterocycles. The van der Waals surface area contributed by atoms with Gasteiger partial charge in [-0.15, -0.1) is 0 Å². The van der Waals surface area contributed by atoms with Crippen LogP contribution in [0.5, 0.6) is 0 Å². The number of hydrogen-bond acceptors (Lipinski definition) is 2. The van der Waals surface area contributed by atoms with Crippen LogP contribution in [0.25, 0.3) is 0 Å². The molecule has 1 aromatic rings. The molecule has 1 saturated heterocycles. The second-order valence-corrected chi connectivity index (χ2v) is 7.06. The number of nitrogens with zero attached hydrogens (tertiary/aromatic N) is 1. The first kappa shape index (κ1) is 14.6. The number of rotatable bonds is 2. The van der Waals surface area contributed by atoms with Crippen molar-refractivity contribution in [2.75, 3.05) is 19.6 Å². The van der Waals surface area contributed by atoms with Crippen molar-refractivity contribution >= 4 is 5.91 Å². The zero-order valence-electron chi connectivity index (χ0n) is 13.2. The maximum absolute atomic E-state index is 13.2. The molecule has 0 atom stereocenters. The van der Waals surface area contributed by atoms with E-state index >= 15 is 0 Å². The summed E-state index contributed by atoms with van der Waals surface area (Å²) < 4.78 is 0. The van der Waals surface area contributed by atoms with Crippen LogP contribution in [0.2, 0.25) is 0 Å². The molecular weight excluding hydrogens is 260 g/mol. The molecule has 1 N–H and O–H groups in total. The van der Waals surface area contributed by atoms with Gasteiger partial charge < -0.3 is 10.2 Å². The molecule has 0 bridgehead atoms. The van der Waals surface area contributed by atoms with E-state index in [1.54, 1.807) is 0 Å². The SMILES string of the molecule is CC(C)CN1Cc2ccccc2CC2(CCNCC2)C1=O. The number of fused-ring (bicyclic) bond motifs is 1. The van der Waals surface area contributed by atoms with Crippen molar-refractivity contribution in [2.24, 2.45) is 11.3 Å². The molecule has 0 aliphatic carbocycles. The van der Waals surface area contributed by atoms with Gasteiger partial charge in [-0.2, -0.15) is 0 Å². The zero-order chi connectivity index (χ0) is 14.9. The monoisotopic (exact) mass is 286 g/mol. The van der Waals surface area contributed by atoms with Gasteiger partial charge in [0.2, 0.25) is 5.91 Å². The van der Waals surface area contributed by atoms with Crippen LogP contribution in [0, 0.1) is 11.3 Å². The van der Waals surface area contributed by atoms with Gasteiger partial charge in [-0.1, -0.05) is 38.1 Å². The number of nitrogens with one attached hydrogen (secondary N) is 1. The predicted molar refractivity (Wildman–Crippen MR) is 84.9 cm³/mol. The Morgan fingerprint density at radius 1 is 1.19 bits per heavy atom. The largest absolute Gasteiger partial charge is 0.338 e. The van der Waals surface area contributed by atoms with E-state index in [0.29, 0.717) is 11.8 Å². The van der Waals surface area contributed by atoms with Crippen LogP contribution < -0.4 is 5.32 Å². The molecule has 2 heterocycles. The quantitative estimate of drug-likeness (QED) is 0.906. The highest BCUT2D eigenvalue weighted by atomic mass is 16.2. The summed E-state index contributed by atoms with van der Waals surface area (Å²) in [5.41, 5.74) is 2.54. The van der Waals surface area contributed by atoms with E-state index in [2.05, 4.69) is 48.3 Å². The van der Waals surface area contributed by atoms with Crippen molar-refractivity contribution in [3.05, 3.63) is 35.4 Å². The van der Waals surface area contributed by atoms with E-state index in [9.17, 15) is 4.79 Å². The van der Waals surface area contributed by atoms with Crippen LogP contribution >= 0.6 is 0 Å². The van der Waals surface area contributed by atoms with E-state index in [0.717, 1.165) is 45.4 Å². The lowest BCUT2D eigenvalue weighted by Gasteiger charge is -2.38. The number of carbonyl (C=O) groups excluding carboxylic acids is 1. The molecular formula is C18H26N2O. The minimum Gasteiger partial charge on any atom is -0.338 e. The third kappa shape index (κ3) is 2.84. The van der Waals surface area contributed by atoms with Crippen molar-refractivity contribution in [3.8, 4) is 0 Å². The molecule has 0 saturated carbocycles. The maximum atomic E-state index is 13.2.